The Balaban J connectivity index is 2.20. The van der Waals surface area contributed by atoms with Crippen molar-refractivity contribution in [3.8, 4) is 21.2 Å². The topological polar surface area (TPSA) is 0 Å². The Morgan fingerprint density at radius 3 is 2.22 bits per heavy atom. The van der Waals surface area contributed by atoms with Crippen molar-refractivity contribution in [2.75, 3.05) is 0 Å². The zero-order chi connectivity index (χ0) is 12.5. The summed E-state index contributed by atoms with van der Waals surface area (Å²) in [6.07, 6.45) is 0. The zero-order valence-corrected chi connectivity index (χ0v) is 13.4. The quantitative estimate of drug-likeness (QED) is 0.520. The van der Waals surface area contributed by atoms with Gasteiger partial charge in [0.2, 0.25) is 0 Å². The fraction of sp³-hybridized carbons (Fsp3) is 0.133. The van der Waals surface area contributed by atoms with Crippen LogP contribution in [0.1, 0.15) is 11.1 Å². The van der Waals surface area contributed by atoms with Crippen molar-refractivity contribution < 1.29 is 0 Å². The molecule has 0 aromatic carbocycles. The van der Waals surface area contributed by atoms with Crippen molar-refractivity contribution in [2.45, 2.75) is 13.8 Å². The van der Waals surface area contributed by atoms with Gasteiger partial charge in [0.25, 0.3) is 0 Å². The summed E-state index contributed by atoms with van der Waals surface area (Å²) in [6.45, 7) is 4.50. The van der Waals surface area contributed by atoms with Gasteiger partial charge in [0, 0.05) is 21.2 Å². The number of hydrogen-bond donors (Lipinski definition) is 0. The molecule has 0 bridgehead atoms. The van der Waals surface area contributed by atoms with Crippen molar-refractivity contribution in [3.63, 3.8) is 0 Å². The Hall–Kier alpha value is -0.790. The molecule has 0 aliphatic carbocycles. The van der Waals surface area contributed by atoms with Crippen LogP contribution in [0.25, 0.3) is 21.2 Å². The van der Waals surface area contributed by atoms with Gasteiger partial charge in [-0.1, -0.05) is 20.3 Å². The molecule has 0 fully saturated rings. The lowest BCUT2D eigenvalue weighted by Crippen LogP contribution is -1.83. The van der Waals surface area contributed by atoms with E-state index in [2.05, 4.69) is 55.8 Å². The molecule has 0 saturated heterocycles. The maximum atomic E-state index is 2.37. The van der Waals surface area contributed by atoms with Gasteiger partial charge in [0.15, 0.2) is 0 Å². The third-order valence-corrected chi connectivity index (χ3v) is 7.28. The first kappa shape index (κ1) is 12.3. The minimum absolute atomic E-state index is 0.849. The molecule has 0 nitrogen and oxygen atoms in total. The van der Waals surface area contributed by atoms with Crippen molar-refractivity contribution in [1.29, 1.82) is 0 Å². The van der Waals surface area contributed by atoms with E-state index in [1.807, 2.05) is 0 Å². The van der Waals surface area contributed by atoms with E-state index >= 15 is 0 Å². The minimum Gasteiger partial charge on any atom is -0.131 e. The predicted octanol–water partition coefficient (Wildman–Crippen LogP) is 6.28. The minimum atomic E-state index is 0.849. The van der Waals surface area contributed by atoms with E-state index in [0.717, 1.165) is 16.4 Å². The molecule has 2 unspecified atom stereocenters. The summed E-state index contributed by atoms with van der Waals surface area (Å²) in [5.74, 6) is 4.54. The second kappa shape index (κ2) is 5.07. The summed E-state index contributed by atoms with van der Waals surface area (Å²) < 4.78 is 0. The van der Waals surface area contributed by atoms with E-state index in [-0.39, 0.29) is 0 Å². The summed E-state index contributed by atoms with van der Waals surface area (Å²) in [4.78, 5) is 0. The first-order valence-electron chi connectivity index (χ1n) is 6.01. The summed E-state index contributed by atoms with van der Waals surface area (Å²) in [5, 5.41) is 6.06. The second-order valence-electron chi connectivity index (χ2n) is 4.47. The molecular weight excluding hydrogens is 273 g/mol. The highest BCUT2D eigenvalue weighted by molar-refractivity contribution is 7.44. The molecule has 0 N–H and O–H groups in total. The predicted molar refractivity (Wildman–Crippen MR) is 88.3 cm³/mol. The normalized spacial score (nSPS) is 12.1. The Morgan fingerprint density at radius 2 is 1.61 bits per heavy atom. The van der Waals surface area contributed by atoms with Gasteiger partial charge in [0.1, 0.15) is 0 Å². The molecule has 0 aliphatic rings. The van der Waals surface area contributed by atoms with E-state index in [9.17, 15) is 0 Å². The lowest BCUT2D eigenvalue weighted by atomic mass is 10.1. The molecule has 2 atom stereocenters. The van der Waals surface area contributed by atoms with Crippen LogP contribution in [0.2, 0.25) is 0 Å². The SMILES string of the molecule is Cc1cc(-c2ccc[pH]2)pc(-c2ccc[pH]2)c1C. The third kappa shape index (κ3) is 2.22. The Labute approximate surface area is 113 Å². The molecule has 3 heterocycles. The summed E-state index contributed by atoms with van der Waals surface area (Å²) in [7, 11) is 3.09. The van der Waals surface area contributed by atoms with Crippen LogP contribution in [0.5, 0.6) is 0 Å². The van der Waals surface area contributed by atoms with Crippen molar-refractivity contribution >= 4 is 24.6 Å². The monoisotopic (exact) mass is 288 g/mol. The van der Waals surface area contributed by atoms with E-state index in [0.29, 0.717) is 0 Å². The van der Waals surface area contributed by atoms with Gasteiger partial charge < -0.3 is 0 Å². The highest BCUT2D eigenvalue weighted by Gasteiger charge is 2.09. The van der Waals surface area contributed by atoms with Gasteiger partial charge in [-0.15, -0.1) is 16.4 Å². The van der Waals surface area contributed by atoms with Gasteiger partial charge in [0.05, 0.1) is 0 Å². The molecule has 0 aliphatic heterocycles. The van der Waals surface area contributed by atoms with Crippen LogP contribution in [-0.2, 0) is 0 Å². The first-order chi connectivity index (χ1) is 8.75. The molecule has 3 aromatic rings. The molecule has 3 heteroatoms. The Kier molecular flexibility index (Phi) is 3.45. The smallest absolute Gasteiger partial charge is 0.0165 e. The van der Waals surface area contributed by atoms with Crippen molar-refractivity contribution in [1.82, 2.24) is 0 Å². The highest BCUT2D eigenvalue weighted by Crippen LogP contribution is 2.45. The maximum absolute atomic E-state index is 2.37. The van der Waals surface area contributed by atoms with Gasteiger partial charge in [-0.3, -0.25) is 0 Å². The summed E-state index contributed by atoms with van der Waals surface area (Å²) in [5.41, 5.74) is 2.90. The van der Waals surface area contributed by atoms with E-state index in [1.54, 1.807) is 0 Å². The Morgan fingerprint density at radius 1 is 0.944 bits per heavy atom. The fourth-order valence-electron chi connectivity index (χ4n) is 2.10. The zero-order valence-electron chi connectivity index (χ0n) is 10.5. The lowest BCUT2D eigenvalue weighted by Gasteiger charge is -2.10. The third-order valence-electron chi connectivity index (χ3n) is 3.26. The van der Waals surface area contributed by atoms with Gasteiger partial charge >= 0.3 is 0 Å². The maximum Gasteiger partial charge on any atom is 0.0165 e. The summed E-state index contributed by atoms with van der Waals surface area (Å²) in [6, 6.07) is 11.3. The molecular formula is C15H15P3. The molecule has 3 rings (SSSR count). The largest absolute Gasteiger partial charge is 0.131 e. The average Bonchev–Trinajstić information content (AvgIpc) is 3.03. The van der Waals surface area contributed by atoms with E-state index in [1.165, 1.54) is 40.5 Å². The van der Waals surface area contributed by atoms with Crippen LogP contribution in [0.4, 0.5) is 0 Å². The summed E-state index contributed by atoms with van der Waals surface area (Å²) >= 11 is 0. The van der Waals surface area contributed by atoms with Crippen molar-refractivity contribution in [2.24, 2.45) is 0 Å². The molecule has 0 spiro atoms. The van der Waals surface area contributed by atoms with Gasteiger partial charge in [-0.2, -0.15) is 0 Å². The molecule has 90 valence electrons. The van der Waals surface area contributed by atoms with Crippen LogP contribution in [0.15, 0.2) is 41.9 Å². The average molecular weight is 288 g/mol. The van der Waals surface area contributed by atoms with Crippen LogP contribution in [0, 0.1) is 13.8 Å². The highest BCUT2D eigenvalue weighted by atomic mass is 31.0. The first-order valence-corrected chi connectivity index (χ1v) is 9.06. The standard InChI is InChI=1S/C15H15P3/c1-10-9-14(12-5-3-7-16-12)18-15(11(10)2)13-6-4-8-17-13/h3-9,16-17H,1-2H3. The lowest BCUT2D eigenvalue weighted by molar-refractivity contribution is 1.38. The second-order valence-corrected chi connectivity index (χ2v) is 7.94. The molecule has 18 heavy (non-hydrogen) atoms. The molecule has 3 aromatic heterocycles. The molecule has 0 amide bonds. The van der Waals surface area contributed by atoms with E-state index < -0.39 is 0 Å². The number of hydrogen-bond acceptors (Lipinski definition) is 0. The number of rotatable bonds is 2. The number of aryl methyl sites for hydroxylation is 1. The van der Waals surface area contributed by atoms with Gasteiger partial charge in [-0.05, 0) is 54.8 Å². The fourth-order valence-corrected chi connectivity index (χ4v) is 5.73. The van der Waals surface area contributed by atoms with Crippen LogP contribution < -0.4 is 0 Å². The van der Waals surface area contributed by atoms with Crippen molar-refractivity contribution in [3.05, 3.63) is 53.1 Å². The van der Waals surface area contributed by atoms with Gasteiger partial charge in [-0.25, -0.2) is 0 Å². The van der Waals surface area contributed by atoms with Crippen LogP contribution >= 0.6 is 24.6 Å². The molecule has 0 saturated carbocycles. The van der Waals surface area contributed by atoms with Crippen LogP contribution in [0.3, 0.4) is 0 Å². The van der Waals surface area contributed by atoms with Crippen LogP contribution in [-0.4, -0.2) is 0 Å². The molecule has 0 radical (unpaired) electrons. The van der Waals surface area contributed by atoms with E-state index in [4.69, 9.17) is 0 Å². The Bertz CT molecular complexity index is 649.